The van der Waals surface area contributed by atoms with E-state index in [2.05, 4.69) is 5.32 Å². The monoisotopic (exact) mass is 372 g/mol. The Labute approximate surface area is 155 Å². The maximum Gasteiger partial charge on any atom is 0.244 e. The second-order valence-electron chi connectivity index (χ2n) is 6.43. The van der Waals surface area contributed by atoms with E-state index < -0.39 is 16.1 Å². The molecular weight excluding hydrogens is 348 g/mol. The van der Waals surface area contributed by atoms with Crippen molar-refractivity contribution in [1.29, 1.82) is 0 Å². The summed E-state index contributed by atoms with van der Waals surface area (Å²) in [6.45, 7) is 2.90. The standard InChI is InChI=1S/C20H24N2O3S/c1-2-14-21-20(23)18-12-8-15-22(18)26(24,25)19-13-7-6-11-17(19)16-9-4-3-5-10-16/h3-7,9-11,13,18H,2,8,12,14-15H2,1H3,(H,21,23). The SMILES string of the molecule is CCCNC(=O)C1CCCN1S(=O)(=O)c1ccccc1-c1ccccc1. The van der Waals surface area contributed by atoms with E-state index in [0.717, 1.165) is 12.0 Å². The molecule has 0 aliphatic carbocycles. The maximum absolute atomic E-state index is 13.4. The van der Waals surface area contributed by atoms with Gasteiger partial charge in [0.2, 0.25) is 15.9 Å². The van der Waals surface area contributed by atoms with Crippen LogP contribution in [-0.4, -0.2) is 37.8 Å². The Morgan fingerprint density at radius 3 is 2.54 bits per heavy atom. The molecule has 0 spiro atoms. The highest BCUT2D eigenvalue weighted by atomic mass is 32.2. The number of nitrogens with one attached hydrogen (secondary N) is 1. The number of sulfonamides is 1. The number of carbonyl (C=O) groups is 1. The summed E-state index contributed by atoms with van der Waals surface area (Å²) in [4.78, 5) is 12.7. The maximum atomic E-state index is 13.4. The van der Waals surface area contributed by atoms with E-state index in [-0.39, 0.29) is 10.8 Å². The van der Waals surface area contributed by atoms with Crippen LogP contribution in [0.5, 0.6) is 0 Å². The smallest absolute Gasteiger partial charge is 0.244 e. The first-order valence-corrected chi connectivity index (χ1v) is 10.4. The fourth-order valence-electron chi connectivity index (χ4n) is 3.33. The largest absolute Gasteiger partial charge is 0.355 e. The number of carbonyl (C=O) groups excluding carboxylic acids is 1. The van der Waals surface area contributed by atoms with E-state index in [1.807, 2.05) is 49.4 Å². The lowest BCUT2D eigenvalue weighted by atomic mass is 10.1. The van der Waals surface area contributed by atoms with Crippen molar-refractivity contribution < 1.29 is 13.2 Å². The topological polar surface area (TPSA) is 66.5 Å². The van der Waals surface area contributed by atoms with Crippen LogP contribution in [0.15, 0.2) is 59.5 Å². The van der Waals surface area contributed by atoms with Crippen LogP contribution in [-0.2, 0) is 14.8 Å². The summed E-state index contributed by atoms with van der Waals surface area (Å²) in [7, 11) is -3.76. The van der Waals surface area contributed by atoms with E-state index in [9.17, 15) is 13.2 Å². The highest BCUT2D eigenvalue weighted by Gasteiger charge is 2.40. The van der Waals surface area contributed by atoms with Gasteiger partial charge in [-0.2, -0.15) is 4.31 Å². The molecule has 1 aliphatic rings. The molecule has 1 heterocycles. The molecule has 1 saturated heterocycles. The first-order valence-electron chi connectivity index (χ1n) is 8.99. The summed E-state index contributed by atoms with van der Waals surface area (Å²) in [5, 5.41) is 2.83. The fraction of sp³-hybridized carbons (Fsp3) is 0.350. The predicted molar refractivity (Wildman–Crippen MR) is 102 cm³/mol. The van der Waals surface area contributed by atoms with Crippen LogP contribution >= 0.6 is 0 Å². The van der Waals surface area contributed by atoms with E-state index in [4.69, 9.17) is 0 Å². The number of amides is 1. The normalized spacial score (nSPS) is 18.0. The quantitative estimate of drug-likeness (QED) is 0.848. The summed E-state index contributed by atoms with van der Waals surface area (Å²) in [6, 6.07) is 15.8. The Kier molecular flexibility index (Phi) is 5.74. The Bertz CT molecular complexity index is 866. The molecule has 2 aromatic rings. The molecule has 5 nitrogen and oxygen atoms in total. The average molecular weight is 372 g/mol. The molecule has 1 unspecified atom stereocenters. The summed E-state index contributed by atoms with van der Waals surface area (Å²) in [5.74, 6) is -0.204. The van der Waals surface area contributed by atoms with Gasteiger partial charge in [0.1, 0.15) is 6.04 Å². The molecule has 1 aliphatic heterocycles. The zero-order chi connectivity index (χ0) is 18.6. The number of nitrogens with zero attached hydrogens (tertiary/aromatic N) is 1. The van der Waals surface area contributed by atoms with Gasteiger partial charge in [-0.3, -0.25) is 4.79 Å². The van der Waals surface area contributed by atoms with Crippen LogP contribution in [0.1, 0.15) is 26.2 Å². The predicted octanol–water partition coefficient (Wildman–Crippen LogP) is 3.03. The van der Waals surface area contributed by atoms with Crippen LogP contribution in [0.3, 0.4) is 0 Å². The highest BCUT2D eigenvalue weighted by Crippen LogP contribution is 2.32. The van der Waals surface area contributed by atoms with Gasteiger partial charge in [-0.25, -0.2) is 8.42 Å². The lowest BCUT2D eigenvalue weighted by Gasteiger charge is -2.24. The number of hydrogen-bond acceptors (Lipinski definition) is 3. The van der Waals surface area contributed by atoms with Gasteiger partial charge in [0, 0.05) is 18.7 Å². The zero-order valence-corrected chi connectivity index (χ0v) is 15.7. The van der Waals surface area contributed by atoms with E-state index >= 15 is 0 Å². The molecule has 0 radical (unpaired) electrons. The van der Waals surface area contributed by atoms with Gasteiger partial charge < -0.3 is 5.32 Å². The Hall–Kier alpha value is -2.18. The van der Waals surface area contributed by atoms with Crippen molar-refractivity contribution in [1.82, 2.24) is 9.62 Å². The van der Waals surface area contributed by atoms with Gasteiger partial charge in [-0.15, -0.1) is 0 Å². The first kappa shape index (κ1) is 18.6. The lowest BCUT2D eigenvalue weighted by Crippen LogP contribution is -2.46. The summed E-state index contributed by atoms with van der Waals surface area (Å²) < 4.78 is 28.1. The van der Waals surface area contributed by atoms with Crippen LogP contribution in [0, 0.1) is 0 Å². The summed E-state index contributed by atoms with van der Waals surface area (Å²) in [6.07, 6.45) is 2.07. The molecule has 1 N–H and O–H groups in total. The van der Waals surface area contributed by atoms with E-state index in [0.29, 0.717) is 31.5 Å². The van der Waals surface area contributed by atoms with Crippen LogP contribution in [0.4, 0.5) is 0 Å². The minimum Gasteiger partial charge on any atom is -0.355 e. The number of rotatable bonds is 6. The van der Waals surface area contributed by atoms with Crippen molar-refractivity contribution in [2.24, 2.45) is 0 Å². The first-order chi connectivity index (χ1) is 12.6. The summed E-state index contributed by atoms with van der Waals surface area (Å²) >= 11 is 0. The molecule has 6 heteroatoms. The Balaban J connectivity index is 1.97. The molecule has 0 saturated carbocycles. The van der Waals surface area contributed by atoms with E-state index in [1.54, 1.807) is 12.1 Å². The molecule has 26 heavy (non-hydrogen) atoms. The van der Waals surface area contributed by atoms with Crippen molar-refractivity contribution in [3.63, 3.8) is 0 Å². The van der Waals surface area contributed by atoms with Gasteiger partial charge in [0.15, 0.2) is 0 Å². The fourth-order valence-corrected chi connectivity index (χ4v) is 5.20. The van der Waals surface area contributed by atoms with Gasteiger partial charge >= 0.3 is 0 Å². The molecule has 0 aromatic heterocycles. The van der Waals surface area contributed by atoms with Crippen molar-refractivity contribution >= 4 is 15.9 Å². The van der Waals surface area contributed by atoms with E-state index in [1.165, 1.54) is 4.31 Å². The third kappa shape index (κ3) is 3.66. The molecule has 138 valence electrons. The second-order valence-corrected chi connectivity index (χ2v) is 8.29. The zero-order valence-electron chi connectivity index (χ0n) is 14.9. The van der Waals surface area contributed by atoms with Crippen molar-refractivity contribution in [2.75, 3.05) is 13.1 Å². The third-order valence-corrected chi connectivity index (χ3v) is 6.58. The lowest BCUT2D eigenvalue weighted by molar-refractivity contribution is -0.124. The molecule has 1 atom stereocenters. The molecule has 2 aromatic carbocycles. The van der Waals surface area contributed by atoms with Crippen molar-refractivity contribution in [3.8, 4) is 11.1 Å². The molecule has 1 amide bonds. The van der Waals surface area contributed by atoms with Gasteiger partial charge in [0.05, 0.1) is 4.90 Å². The number of hydrogen-bond donors (Lipinski definition) is 1. The third-order valence-electron chi connectivity index (χ3n) is 4.61. The second kappa shape index (κ2) is 8.01. The highest BCUT2D eigenvalue weighted by molar-refractivity contribution is 7.89. The molecule has 1 fully saturated rings. The molecule has 0 bridgehead atoms. The van der Waals surface area contributed by atoms with Crippen molar-refractivity contribution in [2.45, 2.75) is 37.1 Å². The van der Waals surface area contributed by atoms with Gasteiger partial charge in [-0.05, 0) is 30.9 Å². The van der Waals surface area contributed by atoms with Crippen LogP contribution in [0.2, 0.25) is 0 Å². The van der Waals surface area contributed by atoms with Crippen molar-refractivity contribution in [3.05, 3.63) is 54.6 Å². The minimum absolute atomic E-state index is 0.204. The van der Waals surface area contributed by atoms with Crippen LogP contribution < -0.4 is 5.32 Å². The van der Waals surface area contributed by atoms with Crippen LogP contribution in [0.25, 0.3) is 11.1 Å². The summed E-state index contributed by atoms with van der Waals surface area (Å²) in [5.41, 5.74) is 1.51. The molecular formula is C20H24N2O3S. The average Bonchev–Trinajstić information content (AvgIpc) is 3.18. The Morgan fingerprint density at radius 2 is 1.81 bits per heavy atom. The minimum atomic E-state index is -3.76. The number of benzene rings is 2. The van der Waals surface area contributed by atoms with Gasteiger partial charge in [0.25, 0.3) is 0 Å². The molecule has 3 rings (SSSR count). The van der Waals surface area contributed by atoms with Gasteiger partial charge in [-0.1, -0.05) is 55.5 Å². The Morgan fingerprint density at radius 1 is 1.12 bits per heavy atom.